The van der Waals surface area contributed by atoms with Crippen molar-refractivity contribution in [3.63, 3.8) is 0 Å². The third kappa shape index (κ3) is 3.17. The molecule has 1 aliphatic heterocycles. The van der Waals surface area contributed by atoms with Crippen molar-refractivity contribution in [1.82, 2.24) is 10.6 Å². The summed E-state index contributed by atoms with van der Waals surface area (Å²) in [5.41, 5.74) is 2.78. The molecule has 2 aromatic rings. The van der Waals surface area contributed by atoms with Crippen LogP contribution in [0.1, 0.15) is 33.9 Å². The van der Waals surface area contributed by atoms with Crippen molar-refractivity contribution in [2.45, 2.75) is 18.9 Å². The highest BCUT2D eigenvalue weighted by Gasteiger charge is 2.29. The lowest BCUT2D eigenvalue weighted by molar-refractivity contribution is -0.121. The predicted molar refractivity (Wildman–Crippen MR) is 84.4 cm³/mol. The average Bonchev–Trinajstić information content (AvgIpc) is 2.85. The molecule has 112 valence electrons. The molecule has 2 aromatic carbocycles. The molecule has 1 aliphatic rings. The summed E-state index contributed by atoms with van der Waals surface area (Å²) in [6.45, 7) is 0.602. The van der Waals surface area contributed by atoms with Gasteiger partial charge in [-0.1, -0.05) is 48.5 Å². The zero-order valence-corrected chi connectivity index (χ0v) is 12.2. The number of carbonyl (C=O) groups is 2. The molecule has 4 heteroatoms. The van der Waals surface area contributed by atoms with Crippen LogP contribution in [0.3, 0.4) is 0 Å². The third-order valence-corrected chi connectivity index (χ3v) is 3.85. The first kappa shape index (κ1) is 14.3. The van der Waals surface area contributed by atoms with E-state index in [9.17, 15) is 9.59 Å². The van der Waals surface area contributed by atoms with E-state index in [-0.39, 0.29) is 24.3 Å². The van der Waals surface area contributed by atoms with Crippen LogP contribution in [0.4, 0.5) is 0 Å². The van der Waals surface area contributed by atoms with Crippen molar-refractivity contribution in [3.8, 4) is 0 Å². The van der Waals surface area contributed by atoms with Gasteiger partial charge in [-0.3, -0.25) is 9.59 Å². The van der Waals surface area contributed by atoms with Crippen LogP contribution in [0.5, 0.6) is 0 Å². The van der Waals surface area contributed by atoms with E-state index in [0.29, 0.717) is 12.1 Å². The summed E-state index contributed by atoms with van der Waals surface area (Å²) in [5.74, 6) is -0.143. The number of hydrogen-bond acceptors (Lipinski definition) is 2. The summed E-state index contributed by atoms with van der Waals surface area (Å²) in [6.07, 6.45) is 1.08. The lowest BCUT2D eigenvalue weighted by Gasteiger charge is -2.12. The van der Waals surface area contributed by atoms with Crippen LogP contribution in [0.2, 0.25) is 0 Å². The highest BCUT2D eigenvalue weighted by molar-refractivity contribution is 5.99. The fourth-order valence-corrected chi connectivity index (χ4v) is 2.73. The Hall–Kier alpha value is -2.62. The minimum absolute atomic E-state index is 0.0436. The average molecular weight is 294 g/mol. The molecule has 0 spiro atoms. The molecule has 2 N–H and O–H groups in total. The largest absolute Gasteiger partial charge is 0.356 e. The maximum Gasteiger partial charge on any atom is 0.252 e. The predicted octanol–water partition coefficient (Wildman–Crippen LogP) is 2.22. The minimum atomic E-state index is -0.222. The molecule has 0 unspecified atom stereocenters. The van der Waals surface area contributed by atoms with Crippen LogP contribution in [-0.2, 0) is 11.2 Å². The molecule has 0 fully saturated rings. The van der Waals surface area contributed by atoms with Crippen molar-refractivity contribution in [1.29, 1.82) is 0 Å². The minimum Gasteiger partial charge on any atom is -0.356 e. The van der Waals surface area contributed by atoms with Crippen molar-refractivity contribution >= 4 is 11.8 Å². The zero-order chi connectivity index (χ0) is 15.4. The first-order valence-corrected chi connectivity index (χ1v) is 7.44. The van der Waals surface area contributed by atoms with E-state index in [1.807, 2.05) is 48.5 Å². The molecule has 2 amide bonds. The molecule has 0 bridgehead atoms. The van der Waals surface area contributed by atoms with Crippen LogP contribution in [-0.4, -0.2) is 18.4 Å². The number of benzene rings is 2. The summed E-state index contributed by atoms with van der Waals surface area (Å²) in [5, 5.41) is 5.77. The summed E-state index contributed by atoms with van der Waals surface area (Å²) in [4.78, 5) is 23.9. The normalized spacial score (nSPS) is 16.0. The van der Waals surface area contributed by atoms with Gasteiger partial charge >= 0.3 is 0 Å². The molecule has 0 aromatic heterocycles. The Bertz CT molecular complexity index is 682. The molecular formula is C18H18N2O2. The van der Waals surface area contributed by atoms with E-state index in [1.54, 1.807) is 6.07 Å². The van der Waals surface area contributed by atoms with E-state index in [1.165, 1.54) is 5.56 Å². The Morgan fingerprint density at radius 1 is 1.05 bits per heavy atom. The van der Waals surface area contributed by atoms with Gasteiger partial charge in [0.15, 0.2) is 0 Å². The van der Waals surface area contributed by atoms with Gasteiger partial charge in [0, 0.05) is 12.1 Å². The van der Waals surface area contributed by atoms with Crippen LogP contribution in [0.15, 0.2) is 54.6 Å². The fraction of sp³-hybridized carbons (Fsp3) is 0.222. The second-order valence-electron chi connectivity index (χ2n) is 5.40. The van der Waals surface area contributed by atoms with E-state index in [0.717, 1.165) is 12.0 Å². The van der Waals surface area contributed by atoms with Crippen LogP contribution >= 0.6 is 0 Å². The lowest BCUT2D eigenvalue weighted by Crippen LogP contribution is -2.30. The standard InChI is InChI=1S/C18H18N2O2/c21-17(19-11-10-13-6-2-1-3-7-13)12-16-14-8-4-5-9-15(14)18(22)20-16/h1-9,16H,10-12H2,(H,19,21)(H,20,22)/t16-/m1/s1. The van der Waals surface area contributed by atoms with E-state index in [2.05, 4.69) is 10.6 Å². The topological polar surface area (TPSA) is 58.2 Å². The van der Waals surface area contributed by atoms with E-state index in [4.69, 9.17) is 0 Å². The summed E-state index contributed by atoms with van der Waals surface area (Å²) in [6, 6.07) is 17.2. The smallest absolute Gasteiger partial charge is 0.252 e. The second-order valence-corrected chi connectivity index (χ2v) is 5.40. The number of amides is 2. The number of nitrogens with one attached hydrogen (secondary N) is 2. The van der Waals surface area contributed by atoms with Crippen LogP contribution < -0.4 is 10.6 Å². The van der Waals surface area contributed by atoms with Gasteiger partial charge in [0.1, 0.15) is 0 Å². The Morgan fingerprint density at radius 3 is 2.59 bits per heavy atom. The van der Waals surface area contributed by atoms with Gasteiger partial charge in [0.2, 0.25) is 5.91 Å². The van der Waals surface area contributed by atoms with Crippen molar-refractivity contribution in [2.75, 3.05) is 6.54 Å². The SMILES string of the molecule is O=C(C[C@H]1NC(=O)c2ccccc21)NCCc1ccccc1. The molecule has 1 atom stereocenters. The van der Waals surface area contributed by atoms with Gasteiger partial charge in [-0.2, -0.15) is 0 Å². The molecule has 22 heavy (non-hydrogen) atoms. The van der Waals surface area contributed by atoms with Crippen molar-refractivity contribution in [2.24, 2.45) is 0 Å². The van der Waals surface area contributed by atoms with Gasteiger partial charge in [-0.15, -0.1) is 0 Å². The van der Waals surface area contributed by atoms with Gasteiger partial charge < -0.3 is 10.6 Å². The molecular weight excluding hydrogens is 276 g/mol. The first-order chi connectivity index (χ1) is 10.7. The van der Waals surface area contributed by atoms with Gasteiger partial charge in [0.05, 0.1) is 12.5 Å². The quantitative estimate of drug-likeness (QED) is 0.888. The number of carbonyl (C=O) groups excluding carboxylic acids is 2. The molecule has 0 aliphatic carbocycles. The second kappa shape index (κ2) is 6.43. The maximum absolute atomic E-state index is 12.0. The molecule has 0 radical (unpaired) electrons. The van der Waals surface area contributed by atoms with Crippen molar-refractivity contribution < 1.29 is 9.59 Å². The van der Waals surface area contributed by atoms with Crippen LogP contribution in [0, 0.1) is 0 Å². The van der Waals surface area contributed by atoms with E-state index >= 15 is 0 Å². The number of rotatable bonds is 5. The highest BCUT2D eigenvalue weighted by atomic mass is 16.2. The Kier molecular flexibility index (Phi) is 4.19. The van der Waals surface area contributed by atoms with Crippen LogP contribution in [0.25, 0.3) is 0 Å². The summed E-state index contributed by atoms with van der Waals surface area (Å²) in [7, 11) is 0. The lowest BCUT2D eigenvalue weighted by atomic mass is 10.0. The third-order valence-electron chi connectivity index (χ3n) is 3.85. The number of fused-ring (bicyclic) bond motifs is 1. The maximum atomic E-state index is 12.0. The number of hydrogen-bond donors (Lipinski definition) is 2. The zero-order valence-electron chi connectivity index (χ0n) is 12.2. The summed E-state index contributed by atoms with van der Waals surface area (Å²) >= 11 is 0. The Morgan fingerprint density at radius 2 is 1.77 bits per heavy atom. The van der Waals surface area contributed by atoms with Gasteiger partial charge in [-0.25, -0.2) is 0 Å². The molecule has 3 rings (SSSR count). The highest BCUT2D eigenvalue weighted by Crippen LogP contribution is 2.27. The molecule has 0 saturated heterocycles. The Balaban J connectivity index is 1.52. The van der Waals surface area contributed by atoms with Gasteiger partial charge in [0.25, 0.3) is 5.91 Å². The fourth-order valence-electron chi connectivity index (χ4n) is 2.73. The monoisotopic (exact) mass is 294 g/mol. The van der Waals surface area contributed by atoms with E-state index < -0.39 is 0 Å². The molecule has 1 heterocycles. The Labute approximate surface area is 129 Å². The molecule has 0 saturated carbocycles. The summed E-state index contributed by atoms with van der Waals surface area (Å²) < 4.78 is 0. The first-order valence-electron chi connectivity index (χ1n) is 7.44. The molecule has 4 nitrogen and oxygen atoms in total. The van der Waals surface area contributed by atoms with Gasteiger partial charge in [-0.05, 0) is 23.6 Å². The van der Waals surface area contributed by atoms with Crippen molar-refractivity contribution in [3.05, 3.63) is 71.3 Å².